The van der Waals surface area contributed by atoms with Crippen molar-refractivity contribution in [1.82, 2.24) is 5.32 Å². The van der Waals surface area contributed by atoms with Crippen LogP contribution in [0.5, 0.6) is 0 Å². The number of benzene rings is 2. The van der Waals surface area contributed by atoms with Crippen LogP contribution in [0.3, 0.4) is 0 Å². The van der Waals surface area contributed by atoms with E-state index in [-0.39, 0.29) is 17.6 Å². The van der Waals surface area contributed by atoms with Crippen molar-refractivity contribution in [2.24, 2.45) is 5.92 Å². The van der Waals surface area contributed by atoms with Crippen molar-refractivity contribution in [3.8, 4) is 0 Å². The molecule has 0 saturated carbocycles. The summed E-state index contributed by atoms with van der Waals surface area (Å²) in [7, 11) is 0. The van der Waals surface area contributed by atoms with Crippen molar-refractivity contribution in [3.05, 3.63) is 65.0 Å². The zero-order valence-corrected chi connectivity index (χ0v) is 14.4. The maximum absolute atomic E-state index is 13.0. The highest BCUT2D eigenvalue weighted by molar-refractivity contribution is 6.09. The number of hydrogen-bond donors (Lipinski definition) is 1. The number of amides is 2. The van der Waals surface area contributed by atoms with Crippen LogP contribution in [0.2, 0.25) is 0 Å². The first kappa shape index (κ1) is 17.1. The number of rotatable bonds is 4. The molecular formula is C20H21FN2O2. The minimum Gasteiger partial charge on any atom is -0.351 e. The predicted octanol–water partition coefficient (Wildman–Crippen LogP) is 3.11. The smallest absolute Gasteiger partial charge is 0.239 e. The number of carbonyl (C=O) groups is 2. The van der Waals surface area contributed by atoms with Crippen LogP contribution in [0.25, 0.3) is 0 Å². The van der Waals surface area contributed by atoms with Gasteiger partial charge in [0, 0.05) is 18.8 Å². The van der Waals surface area contributed by atoms with E-state index in [1.807, 2.05) is 32.0 Å². The van der Waals surface area contributed by atoms with E-state index in [1.54, 1.807) is 17.0 Å². The molecule has 1 fully saturated rings. The summed E-state index contributed by atoms with van der Waals surface area (Å²) in [5, 5.41) is 2.87. The largest absolute Gasteiger partial charge is 0.351 e. The summed E-state index contributed by atoms with van der Waals surface area (Å²) in [6, 6.07) is 11.8. The van der Waals surface area contributed by atoms with Gasteiger partial charge in [0.25, 0.3) is 0 Å². The Balaban J connectivity index is 1.64. The fourth-order valence-corrected chi connectivity index (χ4v) is 3.10. The molecule has 0 radical (unpaired) electrons. The van der Waals surface area contributed by atoms with Gasteiger partial charge in [-0.25, -0.2) is 4.39 Å². The molecule has 1 saturated heterocycles. The average molecular weight is 340 g/mol. The predicted molar refractivity (Wildman–Crippen MR) is 94.6 cm³/mol. The van der Waals surface area contributed by atoms with Gasteiger partial charge in [0.2, 0.25) is 11.8 Å². The van der Waals surface area contributed by atoms with Crippen molar-refractivity contribution in [1.29, 1.82) is 0 Å². The molecule has 0 unspecified atom stereocenters. The Labute approximate surface area is 146 Å². The summed E-state index contributed by atoms with van der Waals surface area (Å²) in [6.07, 6.45) is 0.467. The topological polar surface area (TPSA) is 49.4 Å². The van der Waals surface area contributed by atoms with Gasteiger partial charge in [0.1, 0.15) is 11.7 Å². The van der Waals surface area contributed by atoms with E-state index in [0.717, 1.165) is 16.7 Å². The van der Waals surface area contributed by atoms with Gasteiger partial charge < -0.3 is 10.2 Å². The summed E-state index contributed by atoms with van der Waals surface area (Å²) in [5.74, 6) is -1.52. The van der Waals surface area contributed by atoms with Crippen LogP contribution in [0, 0.1) is 25.6 Å². The number of carbonyl (C=O) groups excluding carboxylic acids is 2. The number of nitrogens with one attached hydrogen (secondary N) is 1. The minimum absolute atomic E-state index is 0.231. The van der Waals surface area contributed by atoms with E-state index < -0.39 is 5.92 Å². The summed E-state index contributed by atoms with van der Waals surface area (Å²) in [5.41, 5.74) is 3.91. The van der Waals surface area contributed by atoms with Gasteiger partial charge in [-0.1, -0.05) is 23.8 Å². The maximum Gasteiger partial charge on any atom is 0.239 e. The Bertz CT molecular complexity index is 802. The van der Waals surface area contributed by atoms with Crippen molar-refractivity contribution in [2.75, 3.05) is 11.4 Å². The first-order valence-corrected chi connectivity index (χ1v) is 8.36. The van der Waals surface area contributed by atoms with Gasteiger partial charge in [-0.3, -0.25) is 9.59 Å². The third-order valence-electron chi connectivity index (χ3n) is 4.62. The number of hydrogen-bond acceptors (Lipinski definition) is 2. The molecule has 0 aromatic heterocycles. The molecule has 130 valence electrons. The van der Waals surface area contributed by atoms with E-state index in [1.165, 1.54) is 12.1 Å². The fraction of sp³-hybridized carbons (Fsp3) is 0.300. The SMILES string of the molecule is Cc1ccc(C)c(CNC(=O)[C@H]2CCN(c3ccc(F)cc3)C2=O)c1. The minimum atomic E-state index is -0.685. The maximum atomic E-state index is 13.0. The average Bonchev–Trinajstić information content (AvgIpc) is 2.98. The normalized spacial score (nSPS) is 17.0. The Kier molecular flexibility index (Phi) is 4.83. The van der Waals surface area contributed by atoms with Crippen LogP contribution < -0.4 is 10.2 Å². The second-order valence-electron chi connectivity index (χ2n) is 6.46. The highest BCUT2D eigenvalue weighted by atomic mass is 19.1. The summed E-state index contributed by atoms with van der Waals surface area (Å²) >= 11 is 0. The van der Waals surface area contributed by atoms with Gasteiger partial charge >= 0.3 is 0 Å². The van der Waals surface area contributed by atoms with E-state index in [0.29, 0.717) is 25.2 Å². The molecule has 0 spiro atoms. The molecule has 3 rings (SSSR count). The molecule has 1 heterocycles. The summed E-state index contributed by atoms with van der Waals surface area (Å²) in [6.45, 7) is 4.88. The van der Waals surface area contributed by atoms with Gasteiger partial charge in [0.15, 0.2) is 0 Å². The number of aryl methyl sites for hydroxylation is 2. The lowest BCUT2D eigenvalue weighted by atomic mass is 10.0. The zero-order valence-electron chi connectivity index (χ0n) is 14.4. The first-order chi connectivity index (χ1) is 12.0. The Morgan fingerprint density at radius 2 is 1.92 bits per heavy atom. The van der Waals surface area contributed by atoms with Gasteiger partial charge in [-0.15, -0.1) is 0 Å². The number of nitrogens with zero attached hydrogens (tertiary/aromatic N) is 1. The molecule has 1 aliphatic heterocycles. The quantitative estimate of drug-likeness (QED) is 0.870. The Morgan fingerprint density at radius 3 is 2.64 bits per heavy atom. The molecule has 2 aromatic carbocycles. The lowest BCUT2D eigenvalue weighted by molar-refractivity contribution is -0.132. The van der Waals surface area contributed by atoms with Crippen LogP contribution in [0.15, 0.2) is 42.5 Å². The monoisotopic (exact) mass is 340 g/mol. The molecule has 1 aliphatic rings. The third-order valence-corrected chi connectivity index (χ3v) is 4.62. The third kappa shape index (κ3) is 3.71. The van der Waals surface area contributed by atoms with Crippen LogP contribution in [-0.2, 0) is 16.1 Å². The molecule has 5 heteroatoms. The molecule has 4 nitrogen and oxygen atoms in total. The molecule has 25 heavy (non-hydrogen) atoms. The van der Waals surface area contributed by atoms with E-state index in [2.05, 4.69) is 5.32 Å². The standard InChI is InChI=1S/C20H21FN2O2/c1-13-3-4-14(2)15(11-13)12-22-19(24)18-9-10-23(20(18)25)17-7-5-16(21)6-8-17/h3-8,11,18H,9-10,12H2,1-2H3,(H,22,24)/t18-/m1/s1. The van der Waals surface area contributed by atoms with Crippen LogP contribution in [0.4, 0.5) is 10.1 Å². The highest BCUT2D eigenvalue weighted by Gasteiger charge is 2.37. The lowest BCUT2D eigenvalue weighted by Gasteiger charge is -2.17. The van der Waals surface area contributed by atoms with Crippen LogP contribution in [-0.4, -0.2) is 18.4 Å². The van der Waals surface area contributed by atoms with Crippen molar-refractivity contribution in [2.45, 2.75) is 26.8 Å². The molecule has 1 N–H and O–H groups in total. The van der Waals surface area contributed by atoms with E-state index in [9.17, 15) is 14.0 Å². The Morgan fingerprint density at radius 1 is 1.20 bits per heavy atom. The number of anilines is 1. The van der Waals surface area contributed by atoms with Crippen LogP contribution in [0.1, 0.15) is 23.1 Å². The highest BCUT2D eigenvalue weighted by Crippen LogP contribution is 2.25. The van der Waals surface area contributed by atoms with Gasteiger partial charge in [-0.2, -0.15) is 0 Å². The molecule has 2 amide bonds. The molecule has 0 aliphatic carbocycles. The molecule has 0 bridgehead atoms. The van der Waals surface area contributed by atoms with Crippen molar-refractivity contribution < 1.29 is 14.0 Å². The van der Waals surface area contributed by atoms with Crippen molar-refractivity contribution in [3.63, 3.8) is 0 Å². The number of halogens is 1. The second-order valence-corrected chi connectivity index (χ2v) is 6.46. The second kappa shape index (κ2) is 7.05. The Hall–Kier alpha value is -2.69. The molecular weight excluding hydrogens is 319 g/mol. The van der Waals surface area contributed by atoms with Gasteiger partial charge in [-0.05, 0) is 55.7 Å². The fourth-order valence-electron chi connectivity index (χ4n) is 3.10. The van der Waals surface area contributed by atoms with Crippen molar-refractivity contribution >= 4 is 17.5 Å². The van der Waals surface area contributed by atoms with E-state index in [4.69, 9.17) is 0 Å². The molecule has 1 atom stereocenters. The lowest BCUT2D eigenvalue weighted by Crippen LogP contribution is -2.36. The molecule has 2 aromatic rings. The van der Waals surface area contributed by atoms with E-state index >= 15 is 0 Å². The van der Waals surface area contributed by atoms with Gasteiger partial charge in [0.05, 0.1) is 0 Å². The van der Waals surface area contributed by atoms with Crippen LogP contribution >= 0.6 is 0 Å². The summed E-state index contributed by atoms with van der Waals surface area (Å²) < 4.78 is 13.0. The zero-order chi connectivity index (χ0) is 18.0. The first-order valence-electron chi connectivity index (χ1n) is 8.36. The summed E-state index contributed by atoms with van der Waals surface area (Å²) in [4.78, 5) is 26.5.